The standard InChI is InChI=1S/C26H35NO/c1-19-13-14-24(25(28)15-19)26(2,3)27-17-21-11-7-8-12-23(21)22(18-27)16-20-9-5-4-6-10-20/h4-12,19,22,24-25,28H,13-18H2,1-3H3/t19-,22+,24-,25-/m1/s1. The van der Waals surface area contributed by atoms with Crippen molar-refractivity contribution in [2.24, 2.45) is 11.8 Å². The van der Waals surface area contributed by atoms with Crippen LogP contribution in [-0.4, -0.2) is 28.2 Å². The minimum Gasteiger partial charge on any atom is -0.393 e. The Kier molecular flexibility index (Phi) is 5.62. The molecule has 4 rings (SSSR count). The van der Waals surface area contributed by atoms with E-state index in [1.54, 1.807) is 0 Å². The Morgan fingerprint density at radius 2 is 1.71 bits per heavy atom. The number of aliphatic hydroxyl groups is 1. The van der Waals surface area contributed by atoms with E-state index in [1.165, 1.54) is 23.1 Å². The van der Waals surface area contributed by atoms with Crippen LogP contribution in [0.2, 0.25) is 0 Å². The smallest absolute Gasteiger partial charge is 0.0588 e. The molecule has 2 aliphatic rings. The van der Waals surface area contributed by atoms with Crippen molar-refractivity contribution in [2.75, 3.05) is 6.54 Å². The van der Waals surface area contributed by atoms with Crippen LogP contribution < -0.4 is 0 Å². The summed E-state index contributed by atoms with van der Waals surface area (Å²) in [6, 6.07) is 19.9. The van der Waals surface area contributed by atoms with E-state index in [4.69, 9.17) is 0 Å². The average Bonchev–Trinajstić information content (AvgIpc) is 2.68. The lowest BCUT2D eigenvalue weighted by Crippen LogP contribution is -2.56. The minimum absolute atomic E-state index is 0.00201. The normalized spacial score (nSPS) is 28.7. The number of aliphatic hydroxyl groups excluding tert-OH is 1. The van der Waals surface area contributed by atoms with Crippen LogP contribution in [0.25, 0.3) is 0 Å². The van der Waals surface area contributed by atoms with Gasteiger partial charge in [0.2, 0.25) is 0 Å². The second kappa shape index (κ2) is 8.00. The molecule has 1 aliphatic heterocycles. The number of hydrogen-bond donors (Lipinski definition) is 1. The molecule has 2 heteroatoms. The predicted molar refractivity (Wildman–Crippen MR) is 116 cm³/mol. The van der Waals surface area contributed by atoms with Gasteiger partial charge in [0, 0.05) is 30.5 Å². The highest BCUT2D eigenvalue weighted by Gasteiger charge is 2.43. The van der Waals surface area contributed by atoms with Gasteiger partial charge < -0.3 is 5.11 Å². The van der Waals surface area contributed by atoms with Gasteiger partial charge in [0.15, 0.2) is 0 Å². The zero-order valence-corrected chi connectivity index (χ0v) is 17.6. The molecular weight excluding hydrogens is 342 g/mol. The van der Waals surface area contributed by atoms with Crippen LogP contribution in [0.3, 0.4) is 0 Å². The Balaban J connectivity index is 1.60. The van der Waals surface area contributed by atoms with E-state index in [0.29, 0.717) is 17.8 Å². The first-order valence-electron chi connectivity index (χ1n) is 11.0. The van der Waals surface area contributed by atoms with Crippen LogP contribution in [-0.2, 0) is 13.0 Å². The molecule has 4 atom stereocenters. The number of benzene rings is 2. The SMILES string of the molecule is C[C@@H]1CC[C@@H](C(C)(C)N2Cc3ccccc3[C@@H](Cc3ccccc3)C2)[C@H](O)C1. The largest absolute Gasteiger partial charge is 0.393 e. The third-order valence-corrected chi connectivity index (χ3v) is 7.42. The lowest BCUT2D eigenvalue weighted by Gasteiger charge is -2.51. The molecule has 1 fully saturated rings. The quantitative estimate of drug-likeness (QED) is 0.771. The van der Waals surface area contributed by atoms with E-state index < -0.39 is 0 Å². The summed E-state index contributed by atoms with van der Waals surface area (Å²) in [5.41, 5.74) is 4.38. The number of hydrogen-bond acceptors (Lipinski definition) is 2. The lowest BCUT2D eigenvalue weighted by atomic mass is 9.70. The van der Waals surface area contributed by atoms with Crippen molar-refractivity contribution in [1.82, 2.24) is 4.90 Å². The van der Waals surface area contributed by atoms with Crippen molar-refractivity contribution in [3.63, 3.8) is 0 Å². The Morgan fingerprint density at radius 3 is 2.46 bits per heavy atom. The van der Waals surface area contributed by atoms with Gasteiger partial charge >= 0.3 is 0 Å². The zero-order valence-electron chi connectivity index (χ0n) is 17.6. The van der Waals surface area contributed by atoms with Gasteiger partial charge in [-0.15, -0.1) is 0 Å². The Hall–Kier alpha value is -1.64. The maximum Gasteiger partial charge on any atom is 0.0588 e. The summed E-state index contributed by atoms with van der Waals surface area (Å²) in [5.74, 6) is 1.51. The topological polar surface area (TPSA) is 23.5 Å². The molecule has 150 valence electrons. The highest BCUT2D eigenvalue weighted by molar-refractivity contribution is 5.35. The van der Waals surface area contributed by atoms with E-state index >= 15 is 0 Å². The Morgan fingerprint density at radius 1 is 1.00 bits per heavy atom. The molecule has 0 aromatic heterocycles. The molecule has 2 aromatic carbocycles. The number of fused-ring (bicyclic) bond motifs is 1. The molecule has 28 heavy (non-hydrogen) atoms. The van der Waals surface area contributed by atoms with Crippen LogP contribution >= 0.6 is 0 Å². The highest BCUT2D eigenvalue weighted by Crippen LogP contribution is 2.42. The molecule has 0 bridgehead atoms. The summed E-state index contributed by atoms with van der Waals surface area (Å²) >= 11 is 0. The summed E-state index contributed by atoms with van der Waals surface area (Å²) in [4.78, 5) is 2.66. The molecule has 2 aromatic rings. The molecule has 2 nitrogen and oxygen atoms in total. The molecule has 0 radical (unpaired) electrons. The molecular formula is C26H35NO. The first kappa shape index (κ1) is 19.7. The van der Waals surface area contributed by atoms with Crippen LogP contribution in [0.15, 0.2) is 54.6 Å². The molecule has 1 heterocycles. The number of rotatable bonds is 4. The monoisotopic (exact) mass is 377 g/mol. The van der Waals surface area contributed by atoms with Crippen molar-refractivity contribution in [3.8, 4) is 0 Å². The molecule has 0 amide bonds. The summed E-state index contributed by atoms with van der Waals surface area (Å²) in [7, 11) is 0. The van der Waals surface area contributed by atoms with Crippen molar-refractivity contribution in [1.29, 1.82) is 0 Å². The van der Waals surface area contributed by atoms with E-state index in [9.17, 15) is 5.11 Å². The van der Waals surface area contributed by atoms with Gasteiger partial charge in [0.05, 0.1) is 6.10 Å². The first-order valence-corrected chi connectivity index (χ1v) is 11.0. The molecule has 0 saturated heterocycles. The lowest BCUT2D eigenvalue weighted by molar-refractivity contribution is -0.0524. The molecule has 1 N–H and O–H groups in total. The second-order valence-electron chi connectivity index (χ2n) is 9.71. The maximum atomic E-state index is 10.9. The van der Waals surface area contributed by atoms with Crippen molar-refractivity contribution in [3.05, 3.63) is 71.3 Å². The maximum absolute atomic E-state index is 10.9. The molecule has 1 aliphatic carbocycles. The van der Waals surface area contributed by atoms with Crippen LogP contribution in [0, 0.1) is 11.8 Å². The van der Waals surface area contributed by atoms with Crippen LogP contribution in [0.4, 0.5) is 0 Å². The van der Waals surface area contributed by atoms with Crippen molar-refractivity contribution >= 4 is 0 Å². The fourth-order valence-electron chi connectivity index (χ4n) is 5.63. The third kappa shape index (κ3) is 3.90. The summed E-state index contributed by atoms with van der Waals surface area (Å²) in [6.45, 7) is 9.07. The number of nitrogens with zero attached hydrogens (tertiary/aromatic N) is 1. The van der Waals surface area contributed by atoms with E-state index in [2.05, 4.69) is 80.3 Å². The zero-order chi connectivity index (χ0) is 19.7. The highest BCUT2D eigenvalue weighted by atomic mass is 16.3. The Bertz CT molecular complexity index is 784. The fraction of sp³-hybridized carbons (Fsp3) is 0.538. The van der Waals surface area contributed by atoms with E-state index in [-0.39, 0.29) is 11.6 Å². The van der Waals surface area contributed by atoms with Crippen molar-refractivity contribution < 1.29 is 5.11 Å². The van der Waals surface area contributed by atoms with Crippen molar-refractivity contribution in [2.45, 2.75) is 70.6 Å². The van der Waals surface area contributed by atoms with Crippen LogP contribution in [0.5, 0.6) is 0 Å². The molecule has 0 unspecified atom stereocenters. The van der Waals surface area contributed by atoms with Gasteiger partial charge in [-0.1, -0.05) is 67.9 Å². The van der Waals surface area contributed by atoms with Gasteiger partial charge in [-0.2, -0.15) is 0 Å². The summed E-state index contributed by atoms with van der Waals surface area (Å²) in [6.07, 6.45) is 4.23. The molecule has 0 spiro atoms. The average molecular weight is 378 g/mol. The van der Waals surface area contributed by atoms with Gasteiger partial charge in [-0.3, -0.25) is 4.90 Å². The van der Waals surface area contributed by atoms with Gasteiger partial charge in [0.1, 0.15) is 0 Å². The molecule has 1 saturated carbocycles. The predicted octanol–water partition coefficient (Wildman–Crippen LogP) is 5.40. The van der Waals surface area contributed by atoms with Crippen LogP contribution in [0.1, 0.15) is 62.6 Å². The third-order valence-electron chi connectivity index (χ3n) is 7.42. The van der Waals surface area contributed by atoms with Gasteiger partial charge in [-0.05, 0) is 55.7 Å². The fourth-order valence-corrected chi connectivity index (χ4v) is 5.63. The van der Waals surface area contributed by atoms with Gasteiger partial charge in [0.25, 0.3) is 0 Å². The van der Waals surface area contributed by atoms with Gasteiger partial charge in [-0.25, -0.2) is 0 Å². The first-order chi connectivity index (χ1) is 13.4. The summed E-state index contributed by atoms with van der Waals surface area (Å²) in [5, 5.41) is 10.9. The minimum atomic E-state index is -0.177. The second-order valence-corrected chi connectivity index (χ2v) is 9.71. The summed E-state index contributed by atoms with van der Waals surface area (Å²) < 4.78 is 0. The van der Waals surface area contributed by atoms with E-state index in [1.807, 2.05) is 0 Å². The Labute approximate surface area is 170 Å². The van der Waals surface area contributed by atoms with E-state index in [0.717, 1.165) is 32.4 Å².